The van der Waals surface area contributed by atoms with Crippen LogP contribution < -0.4 is 11.5 Å². The number of nitrogen functional groups attached to an aromatic ring is 1. The number of aliphatic carboxylic acids is 1. The van der Waals surface area contributed by atoms with Crippen LogP contribution in [0.4, 0.5) is 5.95 Å². The standard InChI is InChI=1S/C27H29N9O2/c1-17(5-2-8-20(14-29)26(37)38)22-10-4-9-21(31-22)15-36-16-25(34-35-36)24-12-23(32-27(30)33-24)19-7-3-6-18(11-19)13-28/h3-4,6-7,9-12,16-17,20H,2,5,8,14-15,29H2,1H3,(H,37,38)(H2,30,32,33)/t17-,20+/m1/s1. The van der Waals surface area contributed by atoms with Gasteiger partial charge in [-0.15, -0.1) is 5.10 Å². The van der Waals surface area contributed by atoms with Gasteiger partial charge in [0.2, 0.25) is 5.95 Å². The van der Waals surface area contributed by atoms with E-state index >= 15 is 0 Å². The van der Waals surface area contributed by atoms with Crippen LogP contribution in [0.3, 0.4) is 0 Å². The highest BCUT2D eigenvalue weighted by Gasteiger charge is 2.17. The molecule has 3 aromatic heterocycles. The summed E-state index contributed by atoms with van der Waals surface area (Å²) in [7, 11) is 0. The predicted octanol–water partition coefficient (Wildman–Crippen LogP) is 3.23. The number of nitrogens with two attached hydrogens (primary N) is 2. The van der Waals surface area contributed by atoms with Crippen LogP contribution in [0.25, 0.3) is 22.6 Å². The summed E-state index contributed by atoms with van der Waals surface area (Å²) in [6.45, 7) is 2.65. The molecule has 11 nitrogen and oxygen atoms in total. The molecule has 4 aromatic rings. The highest BCUT2D eigenvalue weighted by atomic mass is 16.4. The number of aromatic nitrogens is 6. The van der Waals surface area contributed by atoms with Crippen LogP contribution in [-0.2, 0) is 11.3 Å². The van der Waals surface area contributed by atoms with Gasteiger partial charge in [-0.25, -0.2) is 14.6 Å². The summed E-state index contributed by atoms with van der Waals surface area (Å²) in [5.41, 5.74) is 16.2. The number of carbonyl (C=O) groups is 1. The molecule has 1 aromatic carbocycles. The molecule has 0 fully saturated rings. The van der Waals surface area contributed by atoms with Crippen LogP contribution >= 0.6 is 0 Å². The van der Waals surface area contributed by atoms with Crippen LogP contribution in [-0.4, -0.2) is 47.6 Å². The van der Waals surface area contributed by atoms with Crippen molar-refractivity contribution in [1.82, 2.24) is 29.9 Å². The number of carboxylic acid groups (broad SMARTS) is 1. The van der Waals surface area contributed by atoms with Crippen molar-refractivity contribution in [3.8, 4) is 28.7 Å². The Morgan fingerprint density at radius 3 is 2.63 bits per heavy atom. The number of benzene rings is 1. The highest BCUT2D eigenvalue weighted by molar-refractivity contribution is 5.70. The van der Waals surface area contributed by atoms with Gasteiger partial charge in [-0.1, -0.05) is 36.8 Å². The van der Waals surface area contributed by atoms with Crippen LogP contribution in [0.1, 0.15) is 49.1 Å². The molecular formula is C27H29N9O2. The number of anilines is 1. The molecule has 11 heteroatoms. The number of nitriles is 1. The number of nitrogens with zero attached hydrogens (tertiary/aromatic N) is 7. The number of hydrogen-bond acceptors (Lipinski definition) is 9. The summed E-state index contributed by atoms with van der Waals surface area (Å²) in [4.78, 5) is 24.6. The van der Waals surface area contributed by atoms with Crippen molar-refractivity contribution in [2.24, 2.45) is 11.7 Å². The normalized spacial score (nSPS) is 12.6. The second-order valence-corrected chi connectivity index (χ2v) is 9.15. The second kappa shape index (κ2) is 12.0. The molecule has 0 radical (unpaired) electrons. The van der Waals surface area contributed by atoms with E-state index in [1.807, 2.05) is 24.3 Å². The molecule has 5 N–H and O–H groups in total. The van der Waals surface area contributed by atoms with E-state index in [0.29, 0.717) is 35.6 Å². The quantitative estimate of drug-likeness (QED) is 0.270. The first-order chi connectivity index (χ1) is 18.4. The van der Waals surface area contributed by atoms with Gasteiger partial charge in [-0.05, 0) is 49.1 Å². The Morgan fingerprint density at radius 1 is 1.08 bits per heavy atom. The lowest BCUT2D eigenvalue weighted by atomic mass is 9.95. The average Bonchev–Trinajstić information content (AvgIpc) is 3.39. The largest absolute Gasteiger partial charge is 0.481 e. The van der Waals surface area contributed by atoms with Crippen molar-refractivity contribution in [1.29, 1.82) is 5.26 Å². The van der Waals surface area contributed by atoms with E-state index in [4.69, 9.17) is 16.5 Å². The number of carboxylic acids is 1. The maximum Gasteiger partial charge on any atom is 0.307 e. The average molecular weight is 512 g/mol. The summed E-state index contributed by atoms with van der Waals surface area (Å²) >= 11 is 0. The molecule has 0 bridgehead atoms. The van der Waals surface area contributed by atoms with Crippen molar-refractivity contribution in [2.45, 2.75) is 38.6 Å². The Bertz CT molecular complexity index is 1460. The van der Waals surface area contributed by atoms with E-state index < -0.39 is 11.9 Å². The topological polar surface area (TPSA) is 183 Å². The van der Waals surface area contributed by atoms with Gasteiger partial charge in [0.05, 0.1) is 47.4 Å². The molecule has 194 valence electrons. The maximum absolute atomic E-state index is 11.2. The first kappa shape index (κ1) is 26.4. The fourth-order valence-corrected chi connectivity index (χ4v) is 4.17. The van der Waals surface area contributed by atoms with Crippen molar-refractivity contribution in [2.75, 3.05) is 12.3 Å². The van der Waals surface area contributed by atoms with Crippen molar-refractivity contribution in [3.05, 3.63) is 71.7 Å². The van der Waals surface area contributed by atoms with Gasteiger partial charge in [0.1, 0.15) is 5.69 Å². The lowest BCUT2D eigenvalue weighted by Gasteiger charge is -2.14. The smallest absolute Gasteiger partial charge is 0.307 e. The van der Waals surface area contributed by atoms with Crippen molar-refractivity contribution >= 4 is 11.9 Å². The molecule has 3 heterocycles. The molecule has 0 saturated carbocycles. The summed E-state index contributed by atoms with van der Waals surface area (Å²) in [6.07, 6.45) is 3.91. The third-order valence-electron chi connectivity index (χ3n) is 6.31. The minimum absolute atomic E-state index is 0.0962. The molecule has 4 rings (SSSR count). The molecule has 2 atom stereocenters. The Labute approximate surface area is 220 Å². The number of rotatable bonds is 11. The summed E-state index contributed by atoms with van der Waals surface area (Å²) in [5, 5.41) is 26.9. The van der Waals surface area contributed by atoms with Gasteiger partial charge in [0.15, 0.2) is 0 Å². The third-order valence-corrected chi connectivity index (χ3v) is 6.31. The Kier molecular flexibility index (Phi) is 8.35. The Hall–Kier alpha value is -4.69. The Balaban J connectivity index is 1.45. The number of pyridine rings is 1. The predicted molar refractivity (Wildman–Crippen MR) is 141 cm³/mol. The van der Waals surface area contributed by atoms with Gasteiger partial charge in [-0.2, -0.15) is 5.26 Å². The summed E-state index contributed by atoms with van der Waals surface area (Å²) in [5.74, 6) is -1.08. The fraction of sp³-hybridized carbons (Fsp3) is 0.296. The van der Waals surface area contributed by atoms with E-state index in [1.165, 1.54) is 0 Å². The zero-order chi connectivity index (χ0) is 27.1. The summed E-state index contributed by atoms with van der Waals surface area (Å²) < 4.78 is 1.68. The molecule has 0 unspecified atom stereocenters. The van der Waals surface area contributed by atoms with Crippen LogP contribution in [0.5, 0.6) is 0 Å². The lowest BCUT2D eigenvalue weighted by Crippen LogP contribution is -2.23. The van der Waals surface area contributed by atoms with E-state index in [-0.39, 0.29) is 18.4 Å². The van der Waals surface area contributed by atoms with Gasteiger partial charge < -0.3 is 16.6 Å². The zero-order valence-corrected chi connectivity index (χ0v) is 21.0. The minimum Gasteiger partial charge on any atom is -0.481 e. The fourth-order valence-electron chi connectivity index (χ4n) is 4.17. The lowest BCUT2D eigenvalue weighted by molar-refractivity contribution is -0.141. The van der Waals surface area contributed by atoms with Gasteiger partial charge in [0, 0.05) is 17.8 Å². The molecule has 0 aliphatic carbocycles. The maximum atomic E-state index is 11.2. The van der Waals surface area contributed by atoms with Crippen molar-refractivity contribution in [3.63, 3.8) is 0 Å². The second-order valence-electron chi connectivity index (χ2n) is 9.15. The van der Waals surface area contributed by atoms with Crippen LogP contribution in [0.15, 0.2) is 54.7 Å². The molecule has 38 heavy (non-hydrogen) atoms. The van der Waals surface area contributed by atoms with Gasteiger partial charge in [-0.3, -0.25) is 9.78 Å². The zero-order valence-electron chi connectivity index (χ0n) is 21.0. The van der Waals surface area contributed by atoms with E-state index in [0.717, 1.165) is 29.8 Å². The van der Waals surface area contributed by atoms with Gasteiger partial charge in [0.25, 0.3) is 0 Å². The summed E-state index contributed by atoms with van der Waals surface area (Å²) in [6, 6.07) is 16.9. The molecule has 0 aliphatic heterocycles. The van der Waals surface area contributed by atoms with E-state index in [2.05, 4.69) is 33.3 Å². The molecule has 0 spiro atoms. The van der Waals surface area contributed by atoms with Gasteiger partial charge >= 0.3 is 5.97 Å². The minimum atomic E-state index is -0.846. The van der Waals surface area contributed by atoms with Crippen LogP contribution in [0.2, 0.25) is 0 Å². The van der Waals surface area contributed by atoms with E-state index in [9.17, 15) is 15.2 Å². The Morgan fingerprint density at radius 2 is 1.87 bits per heavy atom. The first-order valence-corrected chi connectivity index (χ1v) is 12.3. The van der Waals surface area contributed by atoms with E-state index in [1.54, 1.807) is 35.1 Å². The SMILES string of the molecule is C[C@H](CCC[C@@H](CN)C(=O)O)c1cccc(Cn2cc(-c3cc(-c4cccc(C#N)c4)nc(N)n3)nn2)n1. The van der Waals surface area contributed by atoms with Crippen LogP contribution in [0, 0.1) is 17.2 Å². The monoisotopic (exact) mass is 511 g/mol. The highest BCUT2D eigenvalue weighted by Crippen LogP contribution is 2.25. The van der Waals surface area contributed by atoms with Crippen molar-refractivity contribution < 1.29 is 9.90 Å². The molecular weight excluding hydrogens is 482 g/mol. The molecule has 0 aliphatic rings. The molecule has 0 saturated heterocycles. The third kappa shape index (κ3) is 6.54. The first-order valence-electron chi connectivity index (χ1n) is 12.3. The number of hydrogen-bond donors (Lipinski definition) is 3. The molecule has 0 amide bonds.